The second kappa shape index (κ2) is 6.23. The van der Waals surface area contributed by atoms with E-state index in [9.17, 15) is 0 Å². The molecule has 2 heterocycles. The number of likely N-dealkylation sites (N-methyl/N-ethyl adjacent to an activating group) is 1. The number of rotatable bonds is 0. The molecule has 0 amide bonds. The first-order valence-electron chi connectivity index (χ1n) is 7.83. The number of hydrogen-bond donors (Lipinski definition) is 0. The molecule has 1 unspecified atom stereocenters. The van der Waals surface area contributed by atoms with Gasteiger partial charge in [0.25, 0.3) is 6.98 Å². The fourth-order valence-corrected chi connectivity index (χ4v) is 3.23. The number of anilines is 1. The second-order valence-electron chi connectivity index (χ2n) is 6.02. The molecular formula is C15H27B2N3. The van der Waals surface area contributed by atoms with E-state index in [-0.39, 0.29) is 0 Å². The van der Waals surface area contributed by atoms with Crippen LogP contribution in [-0.2, 0) is 6.42 Å². The normalized spacial score (nSPS) is 22.3. The summed E-state index contributed by atoms with van der Waals surface area (Å²) < 4.78 is 2.43. The van der Waals surface area contributed by atoms with Crippen molar-refractivity contribution in [3.05, 3.63) is 29.8 Å². The van der Waals surface area contributed by atoms with Crippen molar-refractivity contribution in [3.8, 4) is 0 Å². The van der Waals surface area contributed by atoms with Crippen molar-refractivity contribution >= 4 is 19.7 Å². The van der Waals surface area contributed by atoms with E-state index >= 15 is 0 Å². The lowest BCUT2D eigenvalue weighted by Crippen LogP contribution is -2.71. The molecule has 1 atom stereocenters. The predicted octanol–water partition coefficient (Wildman–Crippen LogP) is 2.90. The smallest absolute Gasteiger partial charge is 0.330 e. The van der Waals surface area contributed by atoms with E-state index in [4.69, 9.17) is 0 Å². The SMILES string of the molecule is CB1N(C)B(C)N2c3ccccc3CC2N1C.CCC. The molecule has 1 fully saturated rings. The highest BCUT2D eigenvalue weighted by Gasteiger charge is 2.46. The van der Waals surface area contributed by atoms with Crippen molar-refractivity contribution < 1.29 is 0 Å². The monoisotopic (exact) mass is 271 g/mol. The Hall–Kier alpha value is -0.930. The van der Waals surface area contributed by atoms with Gasteiger partial charge in [-0.2, -0.15) is 0 Å². The van der Waals surface area contributed by atoms with Crippen molar-refractivity contribution in [3.63, 3.8) is 0 Å². The summed E-state index contributed by atoms with van der Waals surface area (Å²) in [5.74, 6) is 0. The van der Waals surface area contributed by atoms with E-state index in [0.29, 0.717) is 20.1 Å². The average Bonchev–Trinajstić information content (AvgIpc) is 2.83. The zero-order valence-corrected chi connectivity index (χ0v) is 13.8. The third-order valence-electron chi connectivity index (χ3n) is 4.63. The molecule has 1 aromatic carbocycles. The first kappa shape index (κ1) is 15.5. The van der Waals surface area contributed by atoms with Crippen molar-refractivity contribution in [1.82, 2.24) is 9.53 Å². The van der Waals surface area contributed by atoms with Crippen LogP contribution in [0.5, 0.6) is 0 Å². The lowest BCUT2D eigenvalue weighted by Gasteiger charge is -2.50. The van der Waals surface area contributed by atoms with Crippen LogP contribution in [0.4, 0.5) is 5.69 Å². The van der Waals surface area contributed by atoms with Gasteiger partial charge >= 0.3 is 6.98 Å². The molecule has 1 saturated heterocycles. The molecule has 5 heteroatoms. The van der Waals surface area contributed by atoms with Crippen LogP contribution < -0.4 is 4.81 Å². The lowest BCUT2D eigenvalue weighted by atomic mass is 9.57. The molecule has 0 aliphatic carbocycles. The Kier molecular flexibility index (Phi) is 4.82. The largest absolute Gasteiger partial charge is 0.387 e. The molecule has 3 nitrogen and oxygen atoms in total. The quantitative estimate of drug-likeness (QED) is 0.672. The standard InChI is InChI=1S/C12H19B2N3.C3H8/c1-13-15(3)12-9-10-7-5-6-8-11(10)17(12)14(2)16(13)4;1-3-2/h5-8,12H,9H2,1-4H3;3H2,1-2H3. The van der Waals surface area contributed by atoms with E-state index in [1.807, 2.05) is 0 Å². The van der Waals surface area contributed by atoms with Gasteiger partial charge in [0.15, 0.2) is 0 Å². The molecule has 0 radical (unpaired) electrons. The van der Waals surface area contributed by atoms with Crippen LogP contribution in [0, 0.1) is 0 Å². The number of nitrogens with zero attached hydrogens (tertiary/aromatic N) is 3. The molecule has 0 aromatic heterocycles. The van der Waals surface area contributed by atoms with Crippen molar-refractivity contribution in [2.45, 2.75) is 46.5 Å². The molecule has 0 spiro atoms. The van der Waals surface area contributed by atoms with Gasteiger partial charge in [-0.15, -0.1) is 0 Å². The summed E-state index contributed by atoms with van der Waals surface area (Å²) in [6.07, 6.45) is 2.92. The molecule has 0 N–H and O–H groups in total. The molecule has 2 aliphatic heterocycles. The molecule has 1 aromatic rings. The summed E-state index contributed by atoms with van der Waals surface area (Å²) in [7, 11) is 4.44. The minimum Gasteiger partial charge on any atom is -0.387 e. The Morgan fingerprint density at radius 1 is 1.10 bits per heavy atom. The summed E-state index contributed by atoms with van der Waals surface area (Å²) in [6, 6.07) is 8.81. The van der Waals surface area contributed by atoms with Crippen molar-refractivity contribution in [2.24, 2.45) is 0 Å². The Bertz CT molecular complexity index is 454. The van der Waals surface area contributed by atoms with Gasteiger partial charge in [0.2, 0.25) is 0 Å². The summed E-state index contributed by atoms with van der Waals surface area (Å²) >= 11 is 0. The fourth-order valence-electron chi connectivity index (χ4n) is 3.23. The van der Waals surface area contributed by atoms with Gasteiger partial charge in [-0.05, 0) is 25.7 Å². The third-order valence-corrected chi connectivity index (χ3v) is 4.63. The summed E-state index contributed by atoms with van der Waals surface area (Å²) in [4.78, 5) is 5.02. The molecular weight excluding hydrogens is 244 g/mol. The summed E-state index contributed by atoms with van der Waals surface area (Å²) in [5.41, 5.74) is 2.90. The first-order chi connectivity index (χ1) is 9.52. The first-order valence-corrected chi connectivity index (χ1v) is 7.83. The summed E-state index contributed by atoms with van der Waals surface area (Å²) in [6.45, 7) is 9.81. The van der Waals surface area contributed by atoms with Crippen molar-refractivity contribution in [2.75, 3.05) is 18.9 Å². The minimum absolute atomic E-state index is 0.467. The number of benzene rings is 1. The highest BCUT2D eigenvalue weighted by atomic mass is 15.4. The highest BCUT2D eigenvalue weighted by molar-refractivity contribution is 6.73. The van der Waals surface area contributed by atoms with Crippen LogP contribution in [0.3, 0.4) is 0 Å². The molecule has 3 rings (SSSR count). The van der Waals surface area contributed by atoms with Gasteiger partial charge in [0.05, 0.1) is 6.17 Å². The van der Waals surface area contributed by atoms with E-state index in [1.54, 1.807) is 0 Å². The van der Waals surface area contributed by atoms with Crippen LogP contribution in [0.2, 0.25) is 13.6 Å². The van der Waals surface area contributed by atoms with Gasteiger partial charge < -0.3 is 14.3 Å². The van der Waals surface area contributed by atoms with Crippen LogP contribution in [0.15, 0.2) is 24.3 Å². The van der Waals surface area contributed by atoms with E-state index in [2.05, 4.69) is 80.2 Å². The summed E-state index contributed by atoms with van der Waals surface area (Å²) in [5, 5.41) is 0. The Balaban J connectivity index is 0.000000452. The van der Waals surface area contributed by atoms with E-state index in [1.165, 1.54) is 17.7 Å². The zero-order valence-electron chi connectivity index (χ0n) is 13.8. The molecule has 108 valence electrons. The molecule has 0 bridgehead atoms. The Labute approximate surface area is 125 Å². The minimum atomic E-state index is 0.467. The topological polar surface area (TPSA) is 9.72 Å². The van der Waals surface area contributed by atoms with Gasteiger partial charge in [0.1, 0.15) is 0 Å². The maximum atomic E-state index is 2.55. The maximum Gasteiger partial charge on any atom is 0.330 e. The third kappa shape index (κ3) is 2.49. The number of hydrogen-bond acceptors (Lipinski definition) is 3. The van der Waals surface area contributed by atoms with E-state index in [0.717, 1.165) is 6.42 Å². The molecule has 2 aliphatic rings. The van der Waals surface area contributed by atoms with Crippen LogP contribution in [-0.4, -0.2) is 43.8 Å². The highest BCUT2D eigenvalue weighted by Crippen LogP contribution is 2.37. The van der Waals surface area contributed by atoms with Crippen LogP contribution >= 0.6 is 0 Å². The average molecular weight is 271 g/mol. The van der Waals surface area contributed by atoms with Gasteiger partial charge in [-0.3, -0.25) is 0 Å². The number of para-hydroxylation sites is 1. The molecule has 0 saturated carbocycles. The van der Waals surface area contributed by atoms with E-state index < -0.39 is 0 Å². The zero-order chi connectivity index (χ0) is 14.9. The fraction of sp³-hybridized carbons (Fsp3) is 0.600. The van der Waals surface area contributed by atoms with Crippen molar-refractivity contribution in [1.29, 1.82) is 0 Å². The Morgan fingerprint density at radius 2 is 1.70 bits per heavy atom. The second-order valence-corrected chi connectivity index (χ2v) is 6.02. The lowest BCUT2D eigenvalue weighted by molar-refractivity contribution is 0.358. The maximum absolute atomic E-state index is 2.55. The van der Waals surface area contributed by atoms with Gasteiger partial charge in [-0.25, -0.2) is 0 Å². The molecule has 20 heavy (non-hydrogen) atoms. The van der Waals surface area contributed by atoms with Crippen LogP contribution in [0.25, 0.3) is 0 Å². The Morgan fingerprint density at radius 3 is 2.35 bits per heavy atom. The number of fused-ring (bicyclic) bond motifs is 3. The predicted molar refractivity (Wildman–Crippen MR) is 91.1 cm³/mol. The van der Waals surface area contributed by atoms with Crippen LogP contribution in [0.1, 0.15) is 25.8 Å². The van der Waals surface area contributed by atoms with Gasteiger partial charge in [-0.1, -0.05) is 52.1 Å². The van der Waals surface area contributed by atoms with Gasteiger partial charge in [0, 0.05) is 12.1 Å².